The van der Waals surface area contributed by atoms with Gasteiger partial charge in [0.15, 0.2) is 0 Å². The molecule has 0 saturated heterocycles. The zero-order valence-corrected chi connectivity index (χ0v) is 15.0. The molecule has 5 nitrogen and oxygen atoms in total. The molecule has 0 heterocycles. The van der Waals surface area contributed by atoms with Crippen molar-refractivity contribution in [3.63, 3.8) is 0 Å². The van der Waals surface area contributed by atoms with Crippen LogP contribution in [0.5, 0.6) is 5.75 Å². The summed E-state index contributed by atoms with van der Waals surface area (Å²) in [5, 5.41) is 5.88. The van der Waals surface area contributed by atoms with E-state index in [9.17, 15) is 9.59 Å². The van der Waals surface area contributed by atoms with Gasteiger partial charge in [-0.2, -0.15) is 0 Å². The summed E-state index contributed by atoms with van der Waals surface area (Å²) < 4.78 is 5.22. The Hall–Kier alpha value is -1.75. The maximum Gasteiger partial charge on any atom is 0.247 e. The number of rotatable bonds is 7. The number of nitrogens with one attached hydrogen (secondary N) is 2. The van der Waals surface area contributed by atoms with Crippen LogP contribution in [0.1, 0.15) is 34.1 Å². The highest BCUT2D eigenvalue weighted by molar-refractivity contribution is 6.31. The monoisotopic (exact) mass is 340 g/mol. The fraction of sp³-hybridized carbons (Fsp3) is 0.529. The van der Waals surface area contributed by atoms with Crippen molar-refractivity contribution in [3.05, 3.63) is 23.2 Å². The first-order valence-electron chi connectivity index (χ1n) is 7.52. The minimum Gasteiger partial charge on any atom is -0.495 e. The molecule has 0 aliphatic rings. The molecule has 128 valence electrons. The molecule has 6 heteroatoms. The Bertz CT molecular complexity index is 555. The van der Waals surface area contributed by atoms with Gasteiger partial charge in [-0.1, -0.05) is 39.3 Å². The van der Waals surface area contributed by atoms with Gasteiger partial charge in [-0.05, 0) is 36.0 Å². The third-order valence-corrected chi connectivity index (χ3v) is 3.69. The summed E-state index contributed by atoms with van der Waals surface area (Å²) in [6, 6.07) is 4.35. The number of ether oxygens (including phenoxy) is 1. The van der Waals surface area contributed by atoms with Crippen molar-refractivity contribution >= 4 is 29.6 Å². The molecule has 1 rings (SSSR count). The summed E-state index contributed by atoms with van der Waals surface area (Å²) in [5.74, 6) is 0.191. The van der Waals surface area contributed by atoms with Crippen LogP contribution in [0, 0.1) is 11.3 Å². The summed E-state index contributed by atoms with van der Waals surface area (Å²) in [7, 11) is 1.52. The summed E-state index contributed by atoms with van der Waals surface area (Å²) in [4.78, 5) is 23.5. The van der Waals surface area contributed by atoms with E-state index in [1.165, 1.54) is 7.11 Å². The molecule has 2 atom stereocenters. The molecular formula is C17H25ClN2O3. The maximum absolute atomic E-state index is 12.6. The van der Waals surface area contributed by atoms with Gasteiger partial charge in [0.1, 0.15) is 11.8 Å². The maximum atomic E-state index is 12.6. The van der Waals surface area contributed by atoms with Gasteiger partial charge in [0.05, 0.1) is 12.8 Å². The lowest BCUT2D eigenvalue weighted by Crippen LogP contribution is -2.45. The molecule has 0 saturated carbocycles. The first-order chi connectivity index (χ1) is 10.7. The average molecular weight is 341 g/mol. The zero-order valence-electron chi connectivity index (χ0n) is 14.3. The Morgan fingerprint density at radius 2 is 2.04 bits per heavy atom. The number of hydrogen-bond donors (Lipinski definition) is 2. The Morgan fingerprint density at radius 1 is 1.39 bits per heavy atom. The summed E-state index contributed by atoms with van der Waals surface area (Å²) in [5.41, 5.74) is 0.529. The van der Waals surface area contributed by atoms with Crippen molar-refractivity contribution in [2.45, 2.75) is 40.2 Å². The molecule has 23 heavy (non-hydrogen) atoms. The fourth-order valence-corrected chi connectivity index (χ4v) is 2.82. The topological polar surface area (TPSA) is 67.4 Å². The van der Waals surface area contributed by atoms with Crippen molar-refractivity contribution in [1.82, 2.24) is 5.32 Å². The molecule has 0 bridgehead atoms. The molecule has 0 aliphatic carbocycles. The van der Waals surface area contributed by atoms with Gasteiger partial charge in [-0.15, -0.1) is 0 Å². The Kier molecular flexibility index (Phi) is 6.88. The zero-order chi connectivity index (χ0) is 17.6. The minimum absolute atomic E-state index is 0.0228. The highest BCUT2D eigenvalue weighted by Crippen LogP contribution is 2.29. The largest absolute Gasteiger partial charge is 0.495 e. The summed E-state index contributed by atoms with van der Waals surface area (Å²) in [6.07, 6.45) is 1.34. The van der Waals surface area contributed by atoms with E-state index < -0.39 is 6.04 Å². The third-order valence-electron chi connectivity index (χ3n) is 3.45. The lowest BCUT2D eigenvalue weighted by atomic mass is 9.82. The van der Waals surface area contributed by atoms with Crippen LogP contribution in [0.4, 0.5) is 5.69 Å². The third kappa shape index (κ3) is 6.10. The number of hydrogen-bond acceptors (Lipinski definition) is 3. The van der Waals surface area contributed by atoms with Gasteiger partial charge < -0.3 is 15.4 Å². The van der Waals surface area contributed by atoms with Crippen molar-refractivity contribution in [1.29, 1.82) is 0 Å². The molecule has 2 N–H and O–H groups in total. The lowest BCUT2D eigenvalue weighted by molar-refractivity contribution is -0.122. The first kappa shape index (κ1) is 19.3. The molecule has 0 radical (unpaired) electrons. The molecule has 1 aromatic carbocycles. The minimum atomic E-state index is -0.629. The van der Waals surface area contributed by atoms with E-state index in [2.05, 4.69) is 31.4 Å². The number of benzene rings is 1. The van der Waals surface area contributed by atoms with Crippen LogP contribution in [0.2, 0.25) is 5.02 Å². The van der Waals surface area contributed by atoms with Crippen LogP contribution in [0.25, 0.3) is 0 Å². The van der Waals surface area contributed by atoms with E-state index in [1.54, 1.807) is 18.2 Å². The van der Waals surface area contributed by atoms with Crippen molar-refractivity contribution < 1.29 is 14.3 Å². The standard InChI is InChI=1S/C17H25ClN2O3/c1-11(9-17(2,3)4)15(19-10-21)16(22)20-13-8-12(18)6-7-14(13)23-5/h6-8,10-11,15H,9H2,1-5H3,(H,19,21)(H,20,22). The van der Waals surface area contributed by atoms with Gasteiger partial charge in [-0.25, -0.2) is 0 Å². The Morgan fingerprint density at radius 3 is 2.57 bits per heavy atom. The van der Waals surface area contributed by atoms with Gasteiger partial charge in [-0.3, -0.25) is 9.59 Å². The molecular weight excluding hydrogens is 316 g/mol. The normalized spacial score (nSPS) is 13.8. The lowest BCUT2D eigenvalue weighted by Gasteiger charge is -2.28. The van der Waals surface area contributed by atoms with Crippen LogP contribution >= 0.6 is 11.6 Å². The molecule has 0 fully saturated rings. The molecule has 0 aliphatic heterocycles. The second kappa shape index (κ2) is 8.20. The molecule has 2 amide bonds. The molecule has 0 aromatic heterocycles. The van der Waals surface area contributed by atoms with Crippen molar-refractivity contribution in [2.24, 2.45) is 11.3 Å². The SMILES string of the molecule is COc1ccc(Cl)cc1NC(=O)C(NC=O)C(C)CC(C)(C)C. The van der Waals surface area contributed by atoms with Crippen LogP contribution in [0.3, 0.4) is 0 Å². The Labute approximate surface area is 142 Å². The number of anilines is 1. The number of halogens is 1. The Balaban J connectivity index is 2.94. The first-order valence-corrected chi connectivity index (χ1v) is 7.90. The van der Waals surface area contributed by atoms with Gasteiger partial charge >= 0.3 is 0 Å². The fourth-order valence-electron chi connectivity index (χ4n) is 2.64. The van der Waals surface area contributed by atoms with E-state index >= 15 is 0 Å². The van der Waals surface area contributed by atoms with Crippen LogP contribution in [0.15, 0.2) is 18.2 Å². The van der Waals surface area contributed by atoms with E-state index in [0.29, 0.717) is 22.9 Å². The van der Waals surface area contributed by atoms with E-state index in [1.807, 2.05) is 6.92 Å². The average Bonchev–Trinajstić information content (AvgIpc) is 2.42. The van der Waals surface area contributed by atoms with E-state index in [0.717, 1.165) is 6.42 Å². The second-order valence-electron chi connectivity index (χ2n) is 6.84. The van der Waals surface area contributed by atoms with Crippen LogP contribution in [-0.4, -0.2) is 25.5 Å². The van der Waals surface area contributed by atoms with Crippen LogP contribution < -0.4 is 15.4 Å². The van der Waals surface area contributed by atoms with Gasteiger partial charge in [0.2, 0.25) is 12.3 Å². The molecule has 1 aromatic rings. The van der Waals surface area contributed by atoms with Gasteiger partial charge in [0, 0.05) is 5.02 Å². The number of methoxy groups -OCH3 is 1. The number of amides is 2. The number of carbonyl (C=O) groups excluding carboxylic acids is 2. The van der Waals surface area contributed by atoms with Crippen molar-refractivity contribution in [2.75, 3.05) is 12.4 Å². The number of carbonyl (C=O) groups is 2. The predicted octanol–water partition coefficient (Wildman–Crippen LogP) is 3.47. The van der Waals surface area contributed by atoms with Gasteiger partial charge in [0.25, 0.3) is 0 Å². The predicted molar refractivity (Wildman–Crippen MR) is 92.9 cm³/mol. The molecule has 0 spiro atoms. The molecule has 2 unspecified atom stereocenters. The van der Waals surface area contributed by atoms with Crippen LogP contribution in [-0.2, 0) is 9.59 Å². The van der Waals surface area contributed by atoms with Crippen molar-refractivity contribution in [3.8, 4) is 5.75 Å². The second-order valence-corrected chi connectivity index (χ2v) is 7.27. The summed E-state index contributed by atoms with van der Waals surface area (Å²) >= 11 is 5.97. The quantitative estimate of drug-likeness (QED) is 0.747. The highest BCUT2D eigenvalue weighted by Gasteiger charge is 2.28. The van der Waals surface area contributed by atoms with E-state index in [-0.39, 0.29) is 17.2 Å². The highest BCUT2D eigenvalue weighted by atomic mass is 35.5. The van der Waals surface area contributed by atoms with E-state index in [4.69, 9.17) is 16.3 Å². The summed E-state index contributed by atoms with van der Waals surface area (Å²) in [6.45, 7) is 8.24. The smallest absolute Gasteiger partial charge is 0.247 e.